The summed E-state index contributed by atoms with van der Waals surface area (Å²) in [4.78, 5) is 5.24. The lowest BCUT2D eigenvalue weighted by molar-refractivity contribution is -0.00839. The molecule has 86 valence electrons. The number of likely N-dealkylation sites (N-methyl/N-ethyl adjacent to an activating group) is 1. The molecule has 0 aromatic rings. The van der Waals surface area contributed by atoms with Gasteiger partial charge in [-0.1, -0.05) is 6.92 Å². The molecule has 0 amide bonds. The van der Waals surface area contributed by atoms with E-state index in [1.807, 2.05) is 0 Å². The molecule has 0 spiro atoms. The summed E-state index contributed by atoms with van der Waals surface area (Å²) in [5.41, 5.74) is 0. The van der Waals surface area contributed by atoms with E-state index in [0.29, 0.717) is 12.6 Å². The molecular weight excluding hydrogens is 188 g/mol. The van der Waals surface area contributed by atoms with Gasteiger partial charge in [-0.3, -0.25) is 9.80 Å². The second kappa shape index (κ2) is 3.72. The summed E-state index contributed by atoms with van der Waals surface area (Å²) in [7, 11) is 0. The van der Waals surface area contributed by atoms with Crippen LogP contribution < -0.4 is 0 Å². The molecule has 3 atom stereocenters. The number of nitrogens with zero attached hydrogens (tertiary/aromatic N) is 2. The highest BCUT2D eigenvalue weighted by molar-refractivity contribution is 5.06. The van der Waals surface area contributed by atoms with Gasteiger partial charge in [-0.15, -0.1) is 0 Å². The first-order chi connectivity index (χ1) is 7.35. The smallest absolute Gasteiger partial charge is 0.0587 e. The zero-order valence-electron chi connectivity index (χ0n) is 9.60. The van der Waals surface area contributed by atoms with Gasteiger partial charge >= 0.3 is 0 Å². The minimum absolute atomic E-state index is 0.349. The van der Waals surface area contributed by atoms with Crippen LogP contribution in [0, 0.1) is 5.92 Å². The summed E-state index contributed by atoms with van der Waals surface area (Å²) in [6.45, 7) is 6.31. The Morgan fingerprint density at radius 2 is 2.00 bits per heavy atom. The third kappa shape index (κ3) is 1.37. The molecule has 2 bridgehead atoms. The maximum atomic E-state index is 9.45. The summed E-state index contributed by atoms with van der Waals surface area (Å²) < 4.78 is 0. The maximum absolute atomic E-state index is 9.45. The van der Waals surface area contributed by atoms with Crippen molar-refractivity contribution in [2.75, 3.05) is 26.2 Å². The van der Waals surface area contributed by atoms with Gasteiger partial charge in [0.15, 0.2) is 0 Å². The van der Waals surface area contributed by atoms with E-state index in [9.17, 15) is 5.11 Å². The van der Waals surface area contributed by atoms with E-state index in [-0.39, 0.29) is 0 Å². The lowest BCUT2D eigenvalue weighted by atomic mass is 9.79. The Morgan fingerprint density at radius 1 is 1.27 bits per heavy atom. The van der Waals surface area contributed by atoms with E-state index in [0.717, 1.165) is 24.5 Å². The second-order valence-corrected chi connectivity index (χ2v) is 5.33. The predicted octanol–water partition coefficient (Wildman–Crippen LogP) is 0.536. The topological polar surface area (TPSA) is 26.7 Å². The summed E-state index contributed by atoms with van der Waals surface area (Å²) >= 11 is 0. The van der Waals surface area contributed by atoms with Crippen molar-refractivity contribution in [2.45, 2.75) is 44.3 Å². The van der Waals surface area contributed by atoms with Gasteiger partial charge < -0.3 is 5.11 Å². The van der Waals surface area contributed by atoms with E-state index >= 15 is 0 Å². The lowest BCUT2D eigenvalue weighted by Gasteiger charge is -2.50. The van der Waals surface area contributed by atoms with Crippen LogP contribution in [0.2, 0.25) is 0 Å². The first-order valence-electron chi connectivity index (χ1n) is 6.45. The first-order valence-corrected chi connectivity index (χ1v) is 6.45. The number of piperidine rings is 3. The van der Waals surface area contributed by atoms with Crippen molar-refractivity contribution < 1.29 is 5.11 Å². The summed E-state index contributed by atoms with van der Waals surface area (Å²) in [6, 6.07) is 1.95. The highest BCUT2D eigenvalue weighted by Gasteiger charge is 2.51. The van der Waals surface area contributed by atoms with Crippen molar-refractivity contribution >= 4 is 0 Å². The molecule has 3 nitrogen and oxygen atoms in total. The summed E-state index contributed by atoms with van der Waals surface area (Å²) in [5, 5.41) is 9.45. The molecule has 3 unspecified atom stereocenters. The predicted molar refractivity (Wildman–Crippen MR) is 59.7 cm³/mol. The molecule has 15 heavy (non-hydrogen) atoms. The number of fused-ring (bicyclic) bond motifs is 2. The van der Waals surface area contributed by atoms with Crippen molar-refractivity contribution in [3.05, 3.63) is 0 Å². The van der Waals surface area contributed by atoms with Crippen LogP contribution in [0.4, 0.5) is 0 Å². The largest absolute Gasteiger partial charge is 0.395 e. The Balaban J connectivity index is 1.85. The normalized spacial score (nSPS) is 49.6. The molecule has 3 heteroatoms. The molecule has 0 aliphatic carbocycles. The maximum Gasteiger partial charge on any atom is 0.0587 e. The van der Waals surface area contributed by atoms with Crippen LogP contribution in [0.15, 0.2) is 0 Å². The fraction of sp³-hybridized carbons (Fsp3) is 1.00. The molecule has 0 aromatic heterocycles. The number of aliphatic hydroxyl groups is 1. The molecule has 0 aromatic carbocycles. The van der Waals surface area contributed by atoms with E-state index < -0.39 is 0 Å². The molecule has 0 radical (unpaired) electrons. The number of likely N-dealkylation sites (tertiary alicyclic amines) is 1. The average Bonchev–Trinajstić information content (AvgIpc) is 2.70. The minimum atomic E-state index is 0.349. The standard InChI is InChI=1S/C12H22N2O/c1-2-14-10(8-15)7-11-12(14)9-3-5-13(11)6-4-9/h9-12,15H,2-8H2,1H3. The van der Waals surface area contributed by atoms with Crippen LogP contribution >= 0.6 is 0 Å². The molecule has 4 fully saturated rings. The summed E-state index contributed by atoms with van der Waals surface area (Å²) in [5.74, 6) is 0.913. The van der Waals surface area contributed by atoms with E-state index in [1.54, 1.807) is 0 Å². The molecule has 4 aliphatic rings. The molecule has 1 N–H and O–H groups in total. The Bertz CT molecular complexity index is 236. The molecule has 4 heterocycles. The van der Waals surface area contributed by atoms with Gasteiger partial charge in [0, 0.05) is 18.1 Å². The van der Waals surface area contributed by atoms with Crippen LogP contribution in [0.1, 0.15) is 26.2 Å². The third-order valence-corrected chi connectivity index (χ3v) is 4.86. The monoisotopic (exact) mass is 210 g/mol. The van der Waals surface area contributed by atoms with Gasteiger partial charge in [0.1, 0.15) is 0 Å². The van der Waals surface area contributed by atoms with Crippen molar-refractivity contribution in [2.24, 2.45) is 5.92 Å². The van der Waals surface area contributed by atoms with Crippen molar-refractivity contribution in [1.29, 1.82) is 0 Å². The Labute approximate surface area is 92.1 Å². The van der Waals surface area contributed by atoms with Gasteiger partial charge in [-0.05, 0) is 44.8 Å². The Hall–Kier alpha value is -0.120. The number of hydrogen-bond donors (Lipinski definition) is 1. The fourth-order valence-corrected chi connectivity index (χ4v) is 4.21. The SMILES string of the molecule is CCN1C(CO)CC2C1C1CCN2CC1. The fourth-order valence-electron chi connectivity index (χ4n) is 4.21. The van der Waals surface area contributed by atoms with Gasteiger partial charge in [-0.2, -0.15) is 0 Å². The van der Waals surface area contributed by atoms with E-state index in [1.165, 1.54) is 32.4 Å². The molecular formula is C12H22N2O. The Kier molecular flexibility index (Phi) is 2.49. The van der Waals surface area contributed by atoms with Crippen LogP contribution in [0.3, 0.4) is 0 Å². The lowest BCUT2D eigenvalue weighted by Crippen LogP contribution is -2.59. The number of hydrogen-bond acceptors (Lipinski definition) is 3. The highest BCUT2D eigenvalue weighted by Crippen LogP contribution is 2.42. The van der Waals surface area contributed by atoms with Crippen LogP contribution in [0.5, 0.6) is 0 Å². The molecule has 0 saturated carbocycles. The quantitative estimate of drug-likeness (QED) is 0.720. The number of aliphatic hydroxyl groups excluding tert-OH is 1. The molecule has 4 rings (SSSR count). The Morgan fingerprint density at radius 3 is 2.60 bits per heavy atom. The third-order valence-electron chi connectivity index (χ3n) is 4.86. The van der Waals surface area contributed by atoms with E-state index in [2.05, 4.69) is 16.7 Å². The zero-order valence-corrected chi connectivity index (χ0v) is 9.60. The second-order valence-electron chi connectivity index (χ2n) is 5.33. The highest BCUT2D eigenvalue weighted by atomic mass is 16.3. The van der Waals surface area contributed by atoms with Crippen LogP contribution in [0.25, 0.3) is 0 Å². The van der Waals surface area contributed by atoms with Gasteiger partial charge in [0.2, 0.25) is 0 Å². The van der Waals surface area contributed by atoms with Crippen LogP contribution in [-0.2, 0) is 0 Å². The molecule has 4 saturated heterocycles. The average molecular weight is 210 g/mol. The van der Waals surface area contributed by atoms with Crippen LogP contribution in [-0.4, -0.2) is 59.3 Å². The number of rotatable bonds is 2. The van der Waals surface area contributed by atoms with Crippen molar-refractivity contribution in [3.63, 3.8) is 0 Å². The summed E-state index contributed by atoms with van der Waals surface area (Å²) in [6.07, 6.45) is 3.97. The minimum Gasteiger partial charge on any atom is -0.395 e. The molecule has 4 aliphatic heterocycles. The van der Waals surface area contributed by atoms with Gasteiger partial charge in [0.05, 0.1) is 6.61 Å². The van der Waals surface area contributed by atoms with Gasteiger partial charge in [-0.25, -0.2) is 0 Å². The van der Waals surface area contributed by atoms with Crippen molar-refractivity contribution in [3.8, 4) is 0 Å². The van der Waals surface area contributed by atoms with Crippen molar-refractivity contribution in [1.82, 2.24) is 9.80 Å². The van der Waals surface area contributed by atoms with E-state index in [4.69, 9.17) is 0 Å². The zero-order chi connectivity index (χ0) is 10.4. The van der Waals surface area contributed by atoms with Gasteiger partial charge in [0.25, 0.3) is 0 Å². The first kappa shape index (κ1) is 10.1.